The molecule has 0 aliphatic rings. The van der Waals surface area contributed by atoms with Crippen molar-refractivity contribution in [3.63, 3.8) is 0 Å². The summed E-state index contributed by atoms with van der Waals surface area (Å²) in [5.41, 5.74) is 5.78. The number of ether oxygens (including phenoxy) is 1. The van der Waals surface area contributed by atoms with Gasteiger partial charge < -0.3 is 15.8 Å². The van der Waals surface area contributed by atoms with Crippen LogP contribution in [0, 0.1) is 0 Å². The van der Waals surface area contributed by atoms with Crippen LogP contribution in [0.5, 0.6) is 5.75 Å². The highest BCUT2D eigenvalue weighted by atomic mass is 35.5. The number of hydrogen-bond acceptors (Lipinski definition) is 6. The standard InChI is InChI=1S/C11H14ClN3OS2/c1-6(2)16-9-10(13)15-18-11(9)14-5-7-3-4-8(12)17-7/h3-4,6,14H,5H2,1-2H3,(H2,13,15). The van der Waals surface area contributed by atoms with Crippen molar-refractivity contribution in [3.05, 3.63) is 21.3 Å². The first-order chi connectivity index (χ1) is 8.56. The largest absolute Gasteiger partial charge is 0.484 e. The van der Waals surface area contributed by atoms with Crippen molar-refractivity contribution in [3.8, 4) is 5.75 Å². The van der Waals surface area contributed by atoms with Crippen LogP contribution in [0.4, 0.5) is 10.8 Å². The normalized spacial score (nSPS) is 10.9. The first-order valence-corrected chi connectivity index (χ1v) is 7.43. The summed E-state index contributed by atoms with van der Waals surface area (Å²) in [7, 11) is 0. The first kappa shape index (κ1) is 13.5. The summed E-state index contributed by atoms with van der Waals surface area (Å²) in [4.78, 5) is 1.16. The Labute approximate surface area is 119 Å². The molecule has 0 atom stereocenters. The van der Waals surface area contributed by atoms with Crippen LogP contribution >= 0.6 is 34.5 Å². The number of nitrogen functional groups attached to an aromatic ring is 1. The van der Waals surface area contributed by atoms with Gasteiger partial charge >= 0.3 is 0 Å². The molecule has 3 N–H and O–H groups in total. The van der Waals surface area contributed by atoms with E-state index in [9.17, 15) is 0 Å². The summed E-state index contributed by atoms with van der Waals surface area (Å²) in [6.45, 7) is 4.60. The molecule has 0 aromatic carbocycles. The van der Waals surface area contributed by atoms with Crippen molar-refractivity contribution in [2.75, 3.05) is 11.1 Å². The summed E-state index contributed by atoms with van der Waals surface area (Å²) in [6.07, 6.45) is 0.0698. The van der Waals surface area contributed by atoms with Gasteiger partial charge in [0.05, 0.1) is 17.0 Å². The molecule has 7 heteroatoms. The number of rotatable bonds is 5. The van der Waals surface area contributed by atoms with Crippen molar-refractivity contribution in [2.24, 2.45) is 0 Å². The van der Waals surface area contributed by atoms with Gasteiger partial charge in [0.1, 0.15) is 0 Å². The van der Waals surface area contributed by atoms with E-state index in [1.165, 1.54) is 11.5 Å². The maximum Gasteiger partial charge on any atom is 0.197 e. The Kier molecular flexibility index (Phi) is 4.31. The van der Waals surface area contributed by atoms with Gasteiger partial charge in [0.2, 0.25) is 0 Å². The van der Waals surface area contributed by atoms with Crippen molar-refractivity contribution in [1.82, 2.24) is 4.37 Å². The molecule has 4 nitrogen and oxygen atoms in total. The van der Waals surface area contributed by atoms with E-state index in [0.717, 1.165) is 14.2 Å². The fourth-order valence-corrected chi connectivity index (χ4v) is 3.04. The molecule has 2 heterocycles. The van der Waals surface area contributed by atoms with Crippen molar-refractivity contribution in [2.45, 2.75) is 26.5 Å². The van der Waals surface area contributed by atoms with Crippen LogP contribution in [-0.2, 0) is 6.54 Å². The van der Waals surface area contributed by atoms with Crippen LogP contribution < -0.4 is 15.8 Å². The fraction of sp³-hybridized carbons (Fsp3) is 0.364. The van der Waals surface area contributed by atoms with E-state index in [1.807, 2.05) is 26.0 Å². The van der Waals surface area contributed by atoms with Gasteiger partial charge in [-0.3, -0.25) is 0 Å². The number of hydrogen-bond donors (Lipinski definition) is 2. The predicted octanol–water partition coefficient (Wildman–Crippen LogP) is 3.84. The maximum absolute atomic E-state index is 5.88. The van der Waals surface area contributed by atoms with E-state index in [-0.39, 0.29) is 6.10 Å². The van der Waals surface area contributed by atoms with Crippen molar-refractivity contribution >= 4 is 45.3 Å². The molecule has 0 fully saturated rings. The highest BCUT2D eigenvalue weighted by Gasteiger charge is 2.14. The second-order valence-corrected chi connectivity index (χ2v) is 6.53. The fourth-order valence-electron chi connectivity index (χ4n) is 1.37. The summed E-state index contributed by atoms with van der Waals surface area (Å²) in [5, 5.41) is 4.12. The minimum atomic E-state index is 0.0698. The molecular formula is C11H14ClN3OS2. The lowest BCUT2D eigenvalue weighted by Gasteiger charge is -2.11. The van der Waals surface area contributed by atoms with E-state index < -0.39 is 0 Å². The third-order valence-electron chi connectivity index (χ3n) is 2.08. The maximum atomic E-state index is 5.88. The van der Waals surface area contributed by atoms with Gasteiger partial charge in [0.25, 0.3) is 0 Å². The van der Waals surface area contributed by atoms with Gasteiger partial charge in [-0.1, -0.05) is 11.6 Å². The van der Waals surface area contributed by atoms with Crippen LogP contribution in [0.1, 0.15) is 18.7 Å². The lowest BCUT2D eigenvalue weighted by molar-refractivity contribution is 0.245. The van der Waals surface area contributed by atoms with Crippen LogP contribution in [0.25, 0.3) is 0 Å². The Morgan fingerprint density at radius 3 is 2.89 bits per heavy atom. The molecule has 0 radical (unpaired) electrons. The molecule has 0 saturated carbocycles. The highest BCUT2D eigenvalue weighted by Crippen LogP contribution is 2.36. The van der Waals surface area contributed by atoms with Crippen molar-refractivity contribution < 1.29 is 4.74 Å². The molecule has 2 rings (SSSR count). The van der Waals surface area contributed by atoms with Gasteiger partial charge in [-0.05, 0) is 37.5 Å². The quantitative estimate of drug-likeness (QED) is 0.881. The molecule has 2 aromatic heterocycles. The van der Waals surface area contributed by atoms with Gasteiger partial charge in [-0.2, -0.15) is 4.37 Å². The van der Waals surface area contributed by atoms with Crippen LogP contribution in [0.3, 0.4) is 0 Å². The molecule has 0 bridgehead atoms. The van der Waals surface area contributed by atoms with Crippen LogP contribution in [0.15, 0.2) is 12.1 Å². The minimum absolute atomic E-state index is 0.0698. The summed E-state index contributed by atoms with van der Waals surface area (Å²) < 4.78 is 10.5. The monoisotopic (exact) mass is 303 g/mol. The van der Waals surface area contributed by atoms with Gasteiger partial charge in [0.15, 0.2) is 16.6 Å². The Bertz CT molecular complexity index is 524. The Hall–Kier alpha value is -0.980. The van der Waals surface area contributed by atoms with E-state index in [0.29, 0.717) is 18.1 Å². The molecule has 18 heavy (non-hydrogen) atoms. The van der Waals surface area contributed by atoms with E-state index in [2.05, 4.69) is 9.69 Å². The van der Waals surface area contributed by atoms with E-state index >= 15 is 0 Å². The highest BCUT2D eigenvalue weighted by molar-refractivity contribution is 7.16. The SMILES string of the molecule is CC(C)Oc1c(N)nsc1NCc1ccc(Cl)s1. The minimum Gasteiger partial charge on any atom is -0.484 e. The molecule has 0 aliphatic carbocycles. The number of halogens is 1. The molecule has 2 aromatic rings. The number of thiophene rings is 1. The Balaban J connectivity index is 2.05. The third-order valence-corrected chi connectivity index (χ3v) is 4.11. The molecule has 0 saturated heterocycles. The zero-order chi connectivity index (χ0) is 13.1. The van der Waals surface area contributed by atoms with Gasteiger partial charge in [-0.15, -0.1) is 11.3 Å². The van der Waals surface area contributed by atoms with Crippen LogP contribution in [0.2, 0.25) is 4.34 Å². The molecule has 0 spiro atoms. The zero-order valence-electron chi connectivity index (χ0n) is 10.1. The number of nitrogens with one attached hydrogen (secondary N) is 1. The summed E-state index contributed by atoms with van der Waals surface area (Å²) >= 11 is 8.74. The second-order valence-electron chi connectivity index (χ2n) is 3.95. The van der Waals surface area contributed by atoms with E-state index in [1.54, 1.807) is 11.3 Å². The average molecular weight is 304 g/mol. The Morgan fingerprint density at radius 1 is 1.50 bits per heavy atom. The molecule has 0 amide bonds. The first-order valence-electron chi connectivity index (χ1n) is 5.46. The lowest BCUT2D eigenvalue weighted by Crippen LogP contribution is -2.08. The average Bonchev–Trinajstić information content (AvgIpc) is 2.85. The zero-order valence-corrected chi connectivity index (χ0v) is 12.5. The summed E-state index contributed by atoms with van der Waals surface area (Å²) in [5.74, 6) is 1.07. The van der Waals surface area contributed by atoms with Gasteiger partial charge in [0, 0.05) is 4.88 Å². The van der Waals surface area contributed by atoms with E-state index in [4.69, 9.17) is 22.1 Å². The predicted molar refractivity (Wildman–Crippen MR) is 78.9 cm³/mol. The van der Waals surface area contributed by atoms with Gasteiger partial charge in [-0.25, -0.2) is 0 Å². The summed E-state index contributed by atoms with van der Waals surface area (Å²) in [6, 6.07) is 3.88. The molecule has 98 valence electrons. The van der Waals surface area contributed by atoms with Crippen molar-refractivity contribution in [1.29, 1.82) is 0 Å². The number of anilines is 2. The number of nitrogens with zero attached hydrogens (tertiary/aromatic N) is 1. The second kappa shape index (κ2) is 5.77. The smallest absolute Gasteiger partial charge is 0.197 e. The van der Waals surface area contributed by atoms with Crippen LogP contribution in [-0.4, -0.2) is 10.5 Å². The molecular weight excluding hydrogens is 290 g/mol. The molecule has 0 unspecified atom stereocenters. The number of nitrogens with two attached hydrogens (primary N) is 1. The number of aromatic nitrogens is 1. The lowest BCUT2D eigenvalue weighted by atomic mass is 10.4. The Morgan fingerprint density at radius 2 is 2.28 bits per heavy atom. The molecule has 0 aliphatic heterocycles. The topological polar surface area (TPSA) is 60.2 Å². The third kappa shape index (κ3) is 3.28.